The second-order valence-corrected chi connectivity index (χ2v) is 10.9. The van der Waals surface area contributed by atoms with E-state index in [-0.39, 0.29) is 30.4 Å². The van der Waals surface area contributed by atoms with Crippen LogP contribution in [0.2, 0.25) is 0 Å². The fourth-order valence-corrected chi connectivity index (χ4v) is 7.39. The zero-order valence-electron chi connectivity index (χ0n) is 22.2. The summed E-state index contributed by atoms with van der Waals surface area (Å²) in [6, 6.07) is 13.3. The maximum absolute atomic E-state index is 14.3. The number of phenolic OH excluding ortho intramolecular Hbond substituents is 1. The predicted octanol–water partition coefficient (Wildman–Crippen LogP) is 3.40. The molecule has 3 fully saturated rings. The number of imide groups is 4. The number of methoxy groups -OCH3 is 2. The molecular formula is C30H28N2O8. The number of allylic oxidation sites excluding steroid dienone is 2. The van der Waals surface area contributed by atoms with Crippen LogP contribution < -0.4 is 9.64 Å². The molecular weight excluding hydrogens is 516 g/mol. The fraction of sp³-hybridized carbons (Fsp3) is 0.367. The van der Waals surface area contributed by atoms with E-state index in [0.717, 1.165) is 12.7 Å². The molecule has 2 aromatic rings. The Morgan fingerprint density at radius 1 is 0.975 bits per heavy atom. The second kappa shape index (κ2) is 9.04. The molecule has 206 valence electrons. The lowest BCUT2D eigenvalue weighted by atomic mass is 9.51. The van der Waals surface area contributed by atoms with Crippen LogP contribution in [0.4, 0.5) is 10.5 Å². The number of aromatic hydroxyl groups is 1. The van der Waals surface area contributed by atoms with Gasteiger partial charge in [-0.05, 0) is 43.9 Å². The van der Waals surface area contributed by atoms with E-state index in [1.54, 1.807) is 43.3 Å². The largest absolute Gasteiger partial charge is 0.508 e. The van der Waals surface area contributed by atoms with E-state index in [0.29, 0.717) is 21.9 Å². The first-order chi connectivity index (χ1) is 19.1. The van der Waals surface area contributed by atoms with Gasteiger partial charge in [0.05, 0.1) is 43.1 Å². The molecule has 6 rings (SSSR count). The van der Waals surface area contributed by atoms with Gasteiger partial charge in [-0.3, -0.25) is 19.2 Å². The van der Waals surface area contributed by atoms with E-state index in [9.17, 15) is 29.1 Å². The van der Waals surface area contributed by atoms with Crippen molar-refractivity contribution in [1.29, 1.82) is 0 Å². The van der Waals surface area contributed by atoms with Crippen molar-refractivity contribution >= 4 is 35.4 Å². The fourth-order valence-electron chi connectivity index (χ4n) is 7.39. The van der Waals surface area contributed by atoms with Crippen molar-refractivity contribution < 1.29 is 38.6 Å². The SMILES string of the molecule is COC(=O)N1C(=O)C2CC=C3C(CC4C(=O)N(c5ccccc5)C(=O)C4(C)C3c3ccc(O)cc3OC)C2C1=O. The lowest BCUT2D eigenvalue weighted by Gasteiger charge is -2.49. The zero-order chi connectivity index (χ0) is 28.5. The van der Waals surface area contributed by atoms with Crippen molar-refractivity contribution in [2.75, 3.05) is 19.1 Å². The van der Waals surface area contributed by atoms with Crippen LogP contribution >= 0.6 is 0 Å². The molecule has 0 spiro atoms. The number of rotatable bonds is 3. The maximum Gasteiger partial charge on any atom is 0.423 e. The standard InChI is InChI=1S/C30H28N2O8/c1-30-21(26(35)31(28(30)37)15-7-5-4-6-8-15)14-20-17(24(30)18-10-9-16(33)13-22(18)39-2)11-12-19-23(20)27(36)32(25(19)34)29(38)40-3/h4-11,13,19-21,23-24,33H,12,14H2,1-3H3. The Bertz CT molecular complexity index is 1500. The van der Waals surface area contributed by atoms with E-state index >= 15 is 0 Å². The Balaban J connectivity index is 1.54. The minimum absolute atomic E-state index is 0.0302. The highest BCUT2D eigenvalue weighted by Crippen LogP contribution is 2.64. The predicted molar refractivity (Wildman–Crippen MR) is 140 cm³/mol. The quantitative estimate of drug-likeness (QED) is 0.460. The van der Waals surface area contributed by atoms with E-state index in [1.165, 1.54) is 24.1 Å². The first kappa shape index (κ1) is 25.8. The number of amides is 5. The van der Waals surface area contributed by atoms with Gasteiger partial charge in [0.15, 0.2) is 0 Å². The minimum atomic E-state index is -1.25. The van der Waals surface area contributed by atoms with E-state index in [2.05, 4.69) is 0 Å². The third-order valence-corrected chi connectivity index (χ3v) is 9.17. The molecule has 2 saturated heterocycles. The van der Waals surface area contributed by atoms with Crippen LogP contribution in [-0.4, -0.2) is 53.9 Å². The molecule has 4 aliphatic rings. The smallest absolute Gasteiger partial charge is 0.423 e. The Labute approximate surface area is 230 Å². The average molecular weight is 545 g/mol. The van der Waals surface area contributed by atoms with Crippen LogP contribution in [0.15, 0.2) is 60.2 Å². The van der Waals surface area contributed by atoms with Gasteiger partial charge < -0.3 is 14.6 Å². The van der Waals surface area contributed by atoms with E-state index in [1.807, 2.05) is 6.08 Å². The molecule has 2 aliphatic carbocycles. The number of fused-ring (bicyclic) bond motifs is 4. The molecule has 0 bridgehead atoms. The van der Waals surface area contributed by atoms with Crippen molar-refractivity contribution in [3.8, 4) is 11.5 Å². The molecule has 2 heterocycles. The number of carbonyl (C=O) groups excluding carboxylic acids is 5. The topological polar surface area (TPSA) is 131 Å². The Hall–Kier alpha value is -4.47. The average Bonchev–Trinajstić information content (AvgIpc) is 3.33. The van der Waals surface area contributed by atoms with Crippen LogP contribution in [0.5, 0.6) is 11.5 Å². The highest BCUT2D eigenvalue weighted by molar-refractivity contribution is 6.24. The number of para-hydroxylation sites is 1. The number of hydrogen-bond donors (Lipinski definition) is 1. The van der Waals surface area contributed by atoms with Gasteiger partial charge in [-0.1, -0.05) is 35.9 Å². The molecule has 5 amide bonds. The summed E-state index contributed by atoms with van der Waals surface area (Å²) in [5.74, 6) is -5.50. The summed E-state index contributed by atoms with van der Waals surface area (Å²) < 4.78 is 10.3. The summed E-state index contributed by atoms with van der Waals surface area (Å²) >= 11 is 0. The molecule has 10 heteroatoms. The van der Waals surface area contributed by atoms with E-state index < -0.39 is 52.9 Å². The summed E-state index contributed by atoms with van der Waals surface area (Å²) in [5.41, 5.74) is 0.524. The summed E-state index contributed by atoms with van der Waals surface area (Å²) in [4.78, 5) is 69.2. The van der Waals surface area contributed by atoms with Gasteiger partial charge in [0, 0.05) is 17.5 Å². The van der Waals surface area contributed by atoms with Gasteiger partial charge in [0.1, 0.15) is 11.5 Å². The summed E-state index contributed by atoms with van der Waals surface area (Å²) in [7, 11) is 2.56. The molecule has 2 aliphatic heterocycles. The van der Waals surface area contributed by atoms with E-state index in [4.69, 9.17) is 9.47 Å². The first-order valence-corrected chi connectivity index (χ1v) is 13.1. The molecule has 0 radical (unpaired) electrons. The highest BCUT2D eigenvalue weighted by Gasteiger charge is 2.68. The summed E-state index contributed by atoms with van der Waals surface area (Å²) in [6.07, 6.45) is 1.18. The maximum atomic E-state index is 14.3. The molecule has 6 atom stereocenters. The number of likely N-dealkylation sites (tertiary alicyclic amines) is 1. The van der Waals surface area contributed by atoms with Crippen molar-refractivity contribution in [2.24, 2.45) is 29.1 Å². The number of benzene rings is 2. The van der Waals surface area contributed by atoms with Crippen LogP contribution in [0, 0.1) is 29.1 Å². The molecule has 6 unspecified atom stereocenters. The zero-order valence-corrected chi connectivity index (χ0v) is 22.2. The van der Waals surface area contributed by atoms with Crippen molar-refractivity contribution in [2.45, 2.75) is 25.7 Å². The summed E-state index contributed by atoms with van der Waals surface area (Å²) in [5, 5.41) is 10.2. The Morgan fingerprint density at radius 2 is 1.70 bits per heavy atom. The Morgan fingerprint density at radius 3 is 2.38 bits per heavy atom. The van der Waals surface area contributed by atoms with Gasteiger partial charge in [0.25, 0.3) is 0 Å². The molecule has 10 nitrogen and oxygen atoms in total. The summed E-state index contributed by atoms with van der Waals surface area (Å²) in [6.45, 7) is 1.77. The Kier molecular flexibility index (Phi) is 5.83. The molecule has 2 aromatic carbocycles. The number of nitrogens with zero attached hydrogens (tertiary/aromatic N) is 2. The second-order valence-electron chi connectivity index (χ2n) is 10.9. The lowest BCUT2D eigenvalue weighted by molar-refractivity contribution is -0.138. The number of phenols is 1. The van der Waals surface area contributed by atoms with Crippen LogP contribution in [0.25, 0.3) is 0 Å². The number of carbonyl (C=O) groups is 5. The van der Waals surface area contributed by atoms with Crippen LogP contribution in [0.1, 0.15) is 31.2 Å². The highest BCUT2D eigenvalue weighted by atomic mass is 16.5. The van der Waals surface area contributed by atoms with Gasteiger partial charge >= 0.3 is 6.09 Å². The van der Waals surface area contributed by atoms with Crippen molar-refractivity contribution in [3.63, 3.8) is 0 Å². The molecule has 40 heavy (non-hydrogen) atoms. The lowest BCUT2D eigenvalue weighted by Crippen LogP contribution is -2.49. The number of hydrogen-bond acceptors (Lipinski definition) is 8. The minimum Gasteiger partial charge on any atom is -0.508 e. The normalized spacial score (nSPS) is 31.0. The molecule has 1 N–H and O–H groups in total. The van der Waals surface area contributed by atoms with Gasteiger partial charge in [-0.25, -0.2) is 9.69 Å². The monoisotopic (exact) mass is 544 g/mol. The van der Waals surface area contributed by atoms with Gasteiger partial charge in [-0.15, -0.1) is 0 Å². The van der Waals surface area contributed by atoms with Gasteiger partial charge in [-0.2, -0.15) is 4.90 Å². The third kappa shape index (κ3) is 3.31. The third-order valence-electron chi connectivity index (χ3n) is 9.17. The van der Waals surface area contributed by atoms with Gasteiger partial charge in [0.2, 0.25) is 23.6 Å². The van der Waals surface area contributed by atoms with Crippen molar-refractivity contribution in [1.82, 2.24) is 4.90 Å². The van der Waals surface area contributed by atoms with Crippen LogP contribution in [-0.2, 0) is 23.9 Å². The first-order valence-electron chi connectivity index (χ1n) is 13.1. The molecule has 1 saturated carbocycles. The number of ether oxygens (including phenoxy) is 2. The van der Waals surface area contributed by atoms with Crippen molar-refractivity contribution in [3.05, 3.63) is 65.7 Å². The number of anilines is 1. The molecule has 0 aromatic heterocycles. The van der Waals surface area contributed by atoms with Crippen LogP contribution in [0.3, 0.4) is 0 Å².